The predicted octanol–water partition coefficient (Wildman–Crippen LogP) is 4.87. The lowest BCUT2D eigenvalue weighted by Crippen LogP contribution is -2.23. The summed E-state index contributed by atoms with van der Waals surface area (Å²) in [4.78, 5) is 0. The number of benzene rings is 2. The summed E-state index contributed by atoms with van der Waals surface area (Å²) in [5.74, 6) is -6.40. The Balaban J connectivity index is 2.17. The fourth-order valence-electron chi connectivity index (χ4n) is 1.76. The van der Waals surface area contributed by atoms with Crippen molar-refractivity contribution >= 4 is 11.6 Å². The minimum atomic E-state index is -3.36. The molecule has 112 valence electrons. The minimum Gasteiger partial charge on any atom is -0.481 e. The zero-order valence-electron chi connectivity index (χ0n) is 10.8. The molecule has 0 aliphatic carbocycles. The van der Waals surface area contributed by atoms with E-state index in [1.807, 2.05) is 0 Å². The first-order chi connectivity index (χ1) is 9.94. The zero-order valence-corrected chi connectivity index (χ0v) is 11.5. The Bertz CT molecular complexity index is 593. The largest absolute Gasteiger partial charge is 0.481 e. The maximum absolute atomic E-state index is 13.9. The molecule has 0 radical (unpaired) electrons. The molecule has 0 atom stereocenters. The number of hydrogen-bond donors (Lipinski definition) is 0. The van der Waals surface area contributed by atoms with Gasteiger partial charge >= 0.3 is 5.92 Å². The Morgan fingerprint density at radius 2 is 1.57 bits per heavy atom. The normalized spacial score (nSPS) is 11.5. The van der Waals surface area contributed by atoms with Crippen molar-refractivity contribution in [2.24, 2.45) is 0 Å². The molecule has 2 aromatic carbocycles. The lowest BCUT2D eigenvalue weighted by Gasteiger charge is -2.18. The lowest BCUT2D eigenvalue weighted by atomic mass is 10.1. The van der Waals surface area contributed by atoms with Crippen molar-refractivity contribution < 1.29 is 22.3 Å². The van der Waals surface area contributed by atoms with Gasteiger partial charge in [-0.05, 0) is 17.7 Å². The van der Waals surface area contributed by atoms with Crippen LogP contribution in [0.3, 0.4) is 0 Å². The molecule has 0 saturated carbocycles. The van der Waals surface area contributed by atoms with Crippen molar-refractivity contribution in [3.8, 4) is 5.75 Å². The van der Waals surface area contributed by atoms with Gasteiger partial charge in [-0.15, -0.1) is 11.6 Å². The van der Waals surface area contributed by atoms with Crippen LogP contribution < -0.4 is 4.74 Å². The van der Waals surface area contributed by atoms with E-state index in [0.717, 1.165) is 12.1 Å². The molecule has 0 bridgehead atoms. The Kier molecular flexibility index (Phi) is 4.73. The van der Waals surface area contributed by atoms with E-state index in [1.165, 1.54) is 24.3 Å². The molecular formula is C15H11ClF4O. The van der Waals surface area contributed by atoms with Crippen LogP contribution in [0.2, 0.25) is 0 Å². The maximum atomic E-state index is 13.9. The van der Waals surface area contributed by atoms with Crippen LogP contribution in [0, 0.1) is 11.6 Å². The first-order valence-electron chi connectivity index (χ1n) is 6.04. The predicted molar refractivity (Wildman–Crippen MR) is 71.7 cm³/mol. The molecule has 0 saturated heterocycles. The second kappa shape index (κ2) is 6.35. The summed E-state index contributed by atoms with van der Waals surface area (Å²) >= 11 is 5.46. The van der Waals surface area contributed by atoms with Crippen LogP contribution in [0.1, 0.15) is 11.1 Å². The fourth-order valence-corrected chi connectivity index (χ4v) is 1.91. The van der Waals surface area contributed by atoms with Crippen LogP contribution in [-0.2, 0) is 11.8 Å². The van der Waals surface area contributed by atoms with Crippen molar-refractivity contribution in [3.05, 3.63) is 65.2 Å². The molecule has 0 aliphatic heterocycles. The molecule has 0 aliphatic rings. The molecule has 0 amide bonds. The van der Waals surface area contributed by atoms with Crippen molar-refractivity contribution in [1.82, 2.24) is 0 Å². The van der Waals surface area contributed by atoms with E-state index >= 15 is 0 Å². The molecule has 6 heteroatoms. The third-order valence-electron chi connectivity index (χ3n) is 2.81. The highest BCUT2D eigenvalue weighted by Gasteiger charge is 2.33. The monoisotopic (exact) mass is 318 g/mol. The number of ether oxygens (including phenoxy) is 1. The quantitative estimate of drug-likeness (QED) is 0.564. The summed E-state index contributed by atoms with van der Waals surface area (Å²) in [7, 11) is 0. The van der Waals surface area contributed by atoms with Crippen LogP contribution >= 0.6 is 11.6 Å². The van der Waals surface area contributed by atoms with E-state index < -0.39 is 29.9 Å². The first-order valence-corrected chi connectivity index (χ1v) is 6.57. The second-order valence-corrected chi connectivity index (χ2v) is 4.65. The third kappa shape index (κ3) is 3.67. The summed E-state index contributed by atoms with van der Waals surface area (Å²) in [6.07, 6.45) is 0. The Labute approximate surface area is 124 Å². The van der Waals surface area contributed by atoms with Crippen molar-refractivity contribution in [1.29, 1.82) is 0 Å². The van der Waals surface area contributed by atoms with E-state index in [-0.39, 0.29) is 17.0 Å². The molecule has 21 heavy (non-hydrogen) atoms. The van der Waals surface area contributed by atoms with E-state index in [9.17, 15) is 17.6 Å². The van der Waals surface area contributed by atoms with Crippen molar-refractivity contribution in [3.63, 3.8) is 0 Å². The molecular weight excluding hydrogens is 308 g/mol. The SMILES string of the molecule is Fc1cc(CCl)cc(F)c1OCC(F)(F)c1ccccc1. The fraction of sp³-hybridized carbons (Fsp3) is 0.200. The molecule has 2 aromatic rings. The molecule has 0 aromatic heterocycles. The van der Waals surface area contributed by atoms with Gasteiger partial charge in [0.2, 0.25) is 0 Å². The molecule has 0 fully saturated rings. The van der Waals surface area contributed by atoms with Gasteiger partial charge < -0.3 is 4.74 Å². The summed E-state index contributed by atoms with van der Waals surface area (Å²) in [6, 6.07) is 8.81. The van der Waals surface area contributed by atoms with Gasteiger partial charge in [0.05, 0.1) is 0 Å². The maximum Gasteiger partial charge on any atom is 0.306 e. The van der Waals surface area contributed by atoms with Crippen LogP contribution in [0.5, 0.6) is 5.75 Å². The smallest absolute Gasteiger partial charge is 0.306 e. The highest BCUT2D eigenvalue weighted by Crippen LogP contribution is 2.31. The highest BCUT2D eigenvalue weighted by molar-refractivity contribution is 6.17. The first kappa shape index (κ1) is 15.6. The van der Waals surface area contributed by atoms with Crippen molar-refractivity contribution in [2.75, 3.05) is 6.61 Å². The average molecular weight is 319 g/mol. The average Bonchev–Trinajstić information content (AvgIpc) is 2.47. The van der Waals surface area contributed by atoms with Gasteiger partial charge in [-0.2, -0.15) is 8.78 Å². The molecule has 2 rings (SSSR count). The van der Waals surface area contributed by atoms with Gasteiger partial charge in [0.15, 0.2) is 24.0 Å². The number of hydrogen-bond acceptors (Lipinski definition) is 1. The standard InChI is InChI=1S/C15H11ClF4O/c16-8-10-6-12(17)14(13(18)7-10)21-9-15(19,20)11-4-2-1-3-5-11/h1-7H,8-9H2. The van der Waals surface area contributed by atoms with E-state index in [2.05, 4.69) is 4.74 Å². The summed E-state index contributed by atoms with van der Waals surface area (Å²) < 4.78 is 59.6. The van der Waals surface area contributed by atoms with Gasteiger partial charge in [-0.1, -0.05) is 30.3 Å². The molecule has 1 nitrogen and oxygen atoms in total. The Morgan fingerprint density at radius 3 is 2.10 bits per heavy atom. The highest BCUT2D eigenvalue weighted by atomic mass is 35.5. The van der Waals surface area contributed by atoms with Crippen LogP contribution in [0.4, 0.5) is 17.6 Å². The number of alkyl halides is 3. The van der Waals surface area contributed by atoms with Crippen LogP contribution in [0.25, 0.3) is 0 Å². The molecule has 0 heterocycles. The Hall–Kier alpha value is -1.75. The van der Waals surface area contributed by atoms with Crippen molar-refractivity contribution in [2.45, 2.75) is 11.8 Å². The van der Waals surface area contributed by atoms with E-state index in [4.69, 9.17) is 11.6 Å². The summed E-state index contributed by atoms with van der Waals surface area (Å²) in [5.41, 5.74) is -0.0861. The van der Waals surface area contributed by atoms with Crippen LogP contribution in [-0.4, -0.2) is 6.61 Å². The Morgan fingerprint density at radius 1 is 1.00 bits per heavy atom. The zero-order chi connectivity index (χ0) is 15.5. The van der Waals surface area contributed by atoms with Gasteiger partial charge in [-0.25, -0.2) is 8.78 Å². The summed E-state index contributed by atoms with van der Waals surface area (Å²) in [6.45, 7) is -1.16. The van der Waals surface area contributed by atoms with E-state index in [0.29, 0.717) is 0 Å². The number of rotatable bonds is 5. The van der Waals surface area contributed by atoms with Gasteiger partial charge in [0.25, 0.3) is 0 Å². The van der Waals surface area contributed by atoms with Gasteiger partial charge in [0.1, 0.15) is 0 Å². The van der Waals surface area contributed by atoms with Gasteiger partial charge in [0, 0.05) is 11.4 Å². The topological polar surface area (TPSA) is 9.23 Å². The minimum absolute atomic E-state index is 0.0890. The van der Waals surface area contributed by atoms with Gasteiger partial charge in [-0.3, -0.25) is 0 Å². The lowest BCUT2D eigenvalue weighted by molar-refractivity contribution is -0.0484. The van der Waals surface area contributed by atoms with Crippen LogP contribution in [0.15, 0.2) is 42.5 Å². The second-order valence-electron chi connectivity index (χ2n) is 4.38. The molecule has 0 N–H and O–H groups in total. The molecule has 0 unspecified atom stereocenters. The third-order valence-corrected chi connectivity index (χ3v) is 3.11. The molecule has 0 spiro atoms. The number of halogens is 5. The summed E-state index contributed by atoms with van der Waals surface area (Å²) in [5, 5.41) is 0. The van der Waals surface area contributed by atoms with E-state index in [1.54, 1.807) is 6.07 Å².